The Morgan fingerprint density at radius 2 is 1.58 bits per heavy atom. The van der Waals surface area contributed by atoms with E-state index in [0.717, 1.165) is 12.2 Å². The molecule has 0 saturated carbocycles. The zero-order valence-corrected chi connectivity index (χ0v) is 14.8. The van der Waals surface area contributed by atoms with Crippen LogP contribution in [0.4, 0.5) is 0 Å². The maximum Gasteiger partial charge on any atom is 0.257 e. The number of aromatic nitrogens is 3. The molecule has 1 aliphatic rings. The van der Waals surface area contributed by atoms with Crippen LogP contribution in [0.1, 0.15) is 56.2 Å². The monoisotopic (exact) mass is 318 g/mol. The zero-order valence-electron chi connectivity index (χ0n) is 14.8. The molecule has 0 amide bonds. The highest BCUT2D eigenvalue weighted by Gasteiger charge is 2.34. The Morgan fingerprint density at radius 3 is 2.25 bits per heavy atom. The second-order valence-corrected chi connectivity index (χ2v) is 7.27. The molecule has 1 aromatic heterocycles. The Morgan fingerprint density at radius 1 is 0.917 bits per heavy atom. The lowest BCUT2D eigenvalue weighted by Gasteiger charge is -2.16. The first-order valence-electron chi connectivity index (χ1n) is 8.77. The highest BCUT2D eigenvalue weighted by atomic mass is 15.4. The number of hydrogen-bond donors (Lipinski definition) is 1. The van der Waals surface area contributed by atoms with E-state index in [4.69, 9.17) is 5.10 Å². The van der Waals surface area contributed by atoms with E-state index in [1.807, 2.05) is 0 Å². The maximum atomic E-state index is 4.73. The van der Waals surface area contributed by atoms with Crippen molar-refractivity contribution in [2.24, 2.45) is 0 Å². The summed E-state index contributed by atoms with van der Waals surface area (Å²) >= 11 is 0. The summed E-state index contributed by atoms with van der Waals surface area (Å²) in [5.74, 6) is 0.931. The molecule has 0 aliphatic carbocycles. The van der Waals surface area contributed by atoms with E-state index < -0.39 is 0 Å². The summed E-state index contributed by atoms with van der Waals surface area (Å²) in [6, 6.07) is 15.3. The third-order valence-corrected chi connectivity index (χ3v) is 4.99. The van der Waals surface area contributed by atoms with Crippen LogP contribution in [0, 0.1) is 0 Å². The molecule has 3 aromatic rings. The largest absolute Gasteiger partial charge is 0.257 e. The van der Waals surface area contributed by atoms with E-state index in [2.05, 4.69) is 80.1 Å². The third-order valence-electron chi connectivity index (χ3n) is 4.99. The summed E-state index contributed by atoms with van der Waals surface area (Å²) in [5.41, 5.74) is 9.04. The van der Waals surface area contributed by atoms with Gasteiger partial charge in [-0.1, -0.05) is 75.4 Å². The molecule has 1 N–H and O–H groups in total. The van der Waals surface area contributed by atoms with Gasteiger partial charge in [-0.15, -0.1) is 4.68 Å². The number of hydrogen-bond acceptors (Lipinski definition) is 1. The van der Waals surface area contributed by atoms with Gasteiger partial charge in [0.25, 0.3) is 5.69 Å². The zero-order chi connectivity index (χ0) is 16.8. The van der Waals surface area contributed by atoms with Crippen molar-refractivity contribution in [2.75, 3.05) is 0 Å². The van der Waals surface area contributed by atoms with Crippen molar-refractivity contribution in [2.45, 2.75) is 46.1 Å². The Labute approximate surface area is 143 Å². The molecule has 3 heteroatoms. The number of fused-ring (bicyclic) bond motifs is 3. The van der Waals surface area contributed by atoms with Crippen LogP contribution in [0.15, 0.2) is 42.5 Å². The lowest BCUT2D eigenvalue weighted by molar-refractivity contribution is -0.731. The van der Waals surface area contributed by atoms with E-state index in [1.54, 1.807) is 0 Å². The van der Waals surface area contributed by atoms with E-state index in [1.165, 1.54) is 33.5 Å². The molecule has 0 radical (unpaired) electrons. The van der Waals surface area contributed by atoms with Gasteiger partial charge in [-0.3, -0.25) is 0 Å². The molecule has 24 heavy (non-hydrogen) atoms. The fourth-order valence-electron chi connectivity index (χ4n) is 3.79. The van der Waals surface area contributed by atoms with Crippen LogP contribution < -0.4 is 4.68 Å². The SMILES string of the molecule is CC(C)c1cccc(C(C)C)c1-c1n[nH][n+]2c1-c1ccccc1C2. The van der Waals surface area contributed by atoms with Gasteiger partial charge < -0.3 is 0 Å². The third kappa shape index (κ3) is 2.19. The van der Waals surface area contributed by atoms with E-state index >= 15 is 0 Å². The van der Waals surface area contributed by atoms with Crippen LogP contribution >= 0.6 is 0 Å². The van der Waals surface area contributed by atoms with Crippen LogP contribution in [0.3, 0.4) is 0 Å². The number of rotatable bonds is 3. The van der Waals surface area contributed by atoms with Gasteiger partial charge in [0.1, 0.15) is 6.54 Å². The average molecular weight is 318 g/mol. The van der Waals surface area contributed by atoms with Gasteiger partial charge in [0.15, 0.2) is 0 Å². The highest BCUT2D eigenvalue weighted by Crippen LogP contribution is 2.40. The minimum absolute atomic E-state index is 0.465. The van der Waals surface area contributed by atoms with E-state index in [-0.39, 0.29) is 0 Å². The Kier molecular flexibility index (Phi) is 3.52. The Bertz CT molecular complexity index is 877. The average Bonchev–Trinajstić information content (AvgIpc) is 3.12. The fraction of sp³-hybridized carbons (Fsp3) is 0.333. The molecule has 0 saturated heterocycles. The molecule has 122 valence electrons. The standard InChI is InChI=1S/C21H23N3/c1-13(2)16-10-7-11-17(14(3)4)19(16)20-21-18-9-6-5-8-15(18)12-24(21)23-22-20/h5-11,13-14H,12H2,1-4H3/p+1. The summed E-state index contributed by atoms with van der Waals surface area (Å²) in [4.78, 5) is 0. The number of nitrogens with zero attached hydrogens (tertiary/aromatic N) is 2. The fourth-order valence-corrected chi connectivity index (χ4v) is 3.79. The second kappa shape index (κ2) is 5.59. The minimum atomic E-state index is 0.465. The van der Waals surface area contributed by atoms with Gasteiger partial charge in [-0.25, -0.2) is 0 Å². The lowest BCUT2D eigenvalue weighted by Crippen LogP contribution is -2.34. The van der Waals surface area contributed by atoms with E-state index in [9.17, 15) is 0 Å². The molecule has 0 atom stereocenters. The van der Waals surface area contributed by atoms with Gasteiger partial charge >= 0.3 is 0 Å². The Hall–Kier alpha value is -2.42. The predicted octanol–water partition coefficient (Wildman–Crippen LogP) is 4.64. The van der Waals surface area contributed by atoms with Crippen molar-refractivity contribution in [3.05, 3.63) is 59.2 Å². The van der Waals surface area contributed by atoms with Gasteiger partial charge in [0, 0.05) is 21.8 Å². The van der Waals surface area contributed by atoms with Crippen LogP contribution in [0.2, 0.25) is 0 Å². The van der Waals surface area contributed by atoms with Crippen LogP contribution in [-0.4, -0.2) is 10.3 Å². The van der Waals surface area contributed by atoms with Crippen molar-refractivity contribution < 1.29 is 4.68 Å². The smallest absolute Gasteiger partial charge is 0.150 e. The molecule has 4 rings (SSSR count). The highest BCUT2D eigenvalue weighted by molar-refractivity contribution is 5.82. The van der Waals surface area contributed by atoms with Crippen molar-refractivity contribution in [3.8, 4) is 22.5 Å². The van der Waals surface area contributed by atoms with Crippen LogP contribution in [0.25, 0.3) is 22.5 Å². The molecular weight excluding hydrogens is 294 g/mol. The van der Waals surface area contributed by atoms with Crippen LogP contribution in [0.5, 0.6) is 0 Å². The van der Waals surface area contributed by atoms with Crippen molar-refractivity contribution in [3.63, 3.8) is 0 Å². The quantitative estimate of drug-likeness (QED) is 0.548. The summed E-state index contributed by atoms with van der Waals surface area (Å²) in [5, 5.41) is 7.96. The van der Waals surface area contributed by atoms with Crippen molar-refractivity contribution in [1.82, 2.24) is 10.3 Å². The van der Waals surface area contributed by atoms with Gasteiger partial charge in [0.05, 0.1) is 0 Å². The molecule has 2 heterocycles. The van der Waals surface area contributed by atoms with Gasteiger partial charge in [0.2, 0.25) is 5.69 Å². The summed E-state index contributed by atoms with van der Waals surface area (Å²) < 4.78 is 2.17. The lowest BCUT2D eigenvalue weighted by atomic mass is 9.86. The molecule has 1 aliphatic heterocycles. The summed E-state index contributed by atoms with van der Waals surface area (Å²) in [6.45, 7) is 9.92. The maximum absolute atomic E-state index is 4.73. The van der Waals surface area contributed by atoms with E-state index in [0.29, 0.717) is 11.8 Å². The number of H-pyrrole nitrogens is 1. The molecule has 0 unspecified atom stereocenters. The molecule has 2 aromatic carbocycles. The van der Waals surface area contributed by atoms with Gasteiger partial charge in [-0.05, 0) is 23.0 Å². The molecule has 0 fully saturated rings. The topological polar surface area (TPSA) is 32.6 Å². The number of benzene rings is 2. The molecule has 0 bridgehead atoms. The first-order valence-corrected chi connectivity index (χ1v) is 8.77. The second-order valence-electron chi connectivity index (χ2n) is 7.27. The predicted molar refractivity (Wildman–Crippen MR) is 96.9 cm³/mol. The van der Waals surface area contributed by atoms with Crippen LogP contribution in [-0.2, 0) is 6.54 Å². The molecule has 3 nitrogen and oxygen atoms in total. The minimum Gasteiger partial charge on any atom is -0.150 e. The summed E-state index contributed by atoms with van der Waals surface area (Å²) in [6.07, 6.45) is 0. The number of aromatic amines is 1. The molecule has 0 spiro atoms. The first kappa shape index (κ1) is 15.1. The van der Waals surface area contributed by atoms with Gasteiger partial charge in [-0.2, -0.15) is 0 Å². The summed E-state index contributed by atoms with van der Waals surface area (Å²) in [7, 11) is 0. The Balaban J connectivity index is 2.01. The first-order chi connectivity index (χ1) is 11.6. The molecular formula is C21H24N3+. The normalized spacial score (nSPS) is 12.8. The number of nitrogens with one attached hydrogen (secondary N) is 1. The van der Waals surface area contributed by atoms with Crippen molar-refractivity contribution in [1.29, 1.82) is 0 Å². The van der Waals surface area contributed by atoms with Crippen molar-refractivity contribution >= 4 is 0 Å².